The number of aromatic carboxylic acids is 1. The van der Waals surface area contributed by atoms with Gasteiger partial charge >= 0.3 is 5.97 Å². The molecule has 78 valence electrons. The molecule has 0 amide bonds. The maximum atomic E-state index is 10.3. The van der Waals surface area contributed by atoms with Gasteiger partial charge < -0.3 is 20.4 Å². The largest absolute Gasteiger partial charge is 0.504 e. The van der Waals surface area contributed by atoms with Crippen molar-refractivity contribution in [3.05, 3.63) is 23.8 Å². The molecule has 0 heterocycles. The summed E-state index contributed by atoms with van der Waals surface area (Å²) in [6.45, 7) is 1.93. The quantitative estimate of drug-likeness (QED) is 0.502. The van der Waals surface area contributed by atoms with Crippen molar-refractivity contribution >= 4 is 5.97 Å². The lowest BCUT2D eigenvalue weighted by Gasteiger charge is -1.97. The molecule has 0 aromatic heterocycles. The molecule has 0 saturated heterocycles. The Hall–Kier alpha value is -1.75. The van der Waals surface area contributed by atoms with Crippen molar-refractivity contribution in [3.8, 4) is 11.5 Å². The van der Waals surface area contributed by atoms with Crippen LogP contribution in [-0.4, -0.2) is 33.0 Å². The Bertz CT molecular complexity index is 308. The Labute approximate surface area is 80.9 Å². The summed E-state index contributed by atoms with van der Waals surface area (Å²) in [6.07, 6.45) is 0. The van der Waals surface area contributed by atoms with Crippen molar-refractivity contribution in [2.45, 2.75) is 6.92 Å². The minimum atomic E-state index is -1.14. The number of carboxylic acid groups (broad SMARTS) is 1. The van der Waals surface area contributed by atoms with Crippen LogP contribution < -0.4 is 0 Å². The maximum absolute atomic E-state index is 10.3. The summed E-state index contributed by atoms with van der Waals surface area (Å²) in [5.74, 6) is -1.89. The molecule has 5 heteroatoms. The van der Waals surface area contributed by atoms with Crippen molar-refractivity contribution in [1.29, 1.82) is 0 Å². The van der Waals surface area contributed by atoms with E-state index in [2.05, 4.69) is 0 Å². The highest BCUT2D eigenvalue weighted by Gasteiger charge is 2.05. The number of rotatable bonds is 1. The van der Waals surface area contributed by atoms with Gasteiger partial charge in [0.15, 0.2) is 11.5 Å². The Morgan fingerprint density at radius 2 is 1.79 bits per heavy atom. The minimum absolute atomic E-state index is 0.0553. The zero-order valence-corrected chi connectivity index (χ0v) is 7.64. The van der Waals surface area contributed by atoms with Crippen molar-refractivity contribution < 1.29 is 25.2 Å². The lowest BCUT2D eigenvalue weighted by molar-refractivity contribution is 0.0696. The smallest absolute Gasteiger partial charge is 0.335 e. The number of phenolic OH excluding ortho intramolecular Hbond substituents is 2. The molecule has 0 spiro atoms. The molecule has 1 aromatic rings. The van der Waals surface area contributed by atoms with Crippen molar-refractivity contribution in [1.82, 2.24) is 0 Å². The van der Waals surface area contributed by atoms with Crippen molar-refractivity contribution in [2.24, 2.45) is 0 Å². The van der Waals surface area contributed by atoms with Gasteiger partial charge in [-0.2, -0.15) is 0 Å². The van der Waals surface area contributed by atoms with Gasteiger partial charge in [0.05, 0.1) is 5.56 Å². The van der Waals surface area contributed by atoms with Gasteiger partial charge in [-0.05, 0) is 25.1 Å². The lowest BCUT2D eigenvalue weighted by atomic mass is 10.2. The van der Waals surface area contributed by atoms with Crippen LogP contribution in [0.1, 0.15) is 17.3 Å². The van der Waals surface area contributed by atoms with Crippen LogP contribution in [0.4, 0.5) is 0 Å². The van der Waals surface area contributed by atoms with Gasteiger partial charge in [-0.25, -0.2) is 4.79 Å². The molecule has 5 nitrogen and oxygen atoms in total. The SMILES string of the molecule is CCO.O=C(O)c1ccc(O)c(O)c1. The van der Waals surface area contributed by atoms with Gasteiger partial charge in [-0.1, -0.05) is 0 Å². The topological polar surface area (TPSA) is 98.0 Å². The van der Waals surface area contributed by atoms with Gasteiger partial charge in [0, 0.05) is 6.61 Å². The predicted octanol–water partition coefficient (Wildman–Crippen LogP) is 0.795. The number of aliphatic hydroxyl groups is 1. The second-order valence-corrected chi connectivity index (χ2v) is 2.32. The van der Waals surface area contributed by atoms with Crippen LogP contribution in [-0.2, 0) is 0 Å². The molecule has 0 aliphatic carbocycles. The molecule has 14 heavy (non-hydrogen) atoms. The summed E-state index contributed by atoms with van der Waals surface area (Å²) >= 11 is 0. The van der Waals surface area contributed by atoms with E-state index in [9.17, 15) is 4.79 Å². The molecule has 0 bridgehead atoms. The van der Waals surface area contributed by atoms with E-state index in [1.165, 1.54) is 6.07 Å². The molecule has 0 unspecified atom stereocenters. The fourth-order valence-corrected chi connectivity index (χ4v) is 0.656. The summed E-state index contributed by atoms with van der Waals surface area (Å²) in [5, 5.41) is 33.6. The van der Waals surface area contributed by atoms with E-state index in [1.54, 1.807) is 6.92 Å². The number of aromatic hydroxyl groups is 2. The molecule has 0 atom stereocenters. The van der Waals surface area contributed by atoms with Crippen LogP contribution in [0.3, 0.4) is 0 Å². The zero-order valence-electron chi connectivity index (χ0n) is 7.64. The maximum Gasteiger partial charge on any atom is 0.335 e. The summed E-state index contributed by atoms with van der Waals surface area (Å²) < 4.78 is 0. The first-order chi connectivity index (χ1) is 6.52. The first-order valence-corrected chi connectivity index (χ1v) is 3.89. The summed E-state index contributed by atoms with van der Waals surface area (Å²) in [7, 11) is 0. The van der Waals surface area contributed by atoms with E-state index in [1.807, 2.05) is 0 Å². The van der Waals surface area contributed by atoms with Gasteiger partial charge in [-0.3, -0.25) is 0 Å². The molecular formula is C9H12O5. The monoisotopic (exact) mass is 200 g/mol. The minimum Gasteiger partial charge on any atom is -0.504 e. The number of hydrogen-bond donors (Lipinski definition) is 4. The third-order valence-electron chi connectivity index (χ3n) is 1.22. The molecule has 0 aliphatic rings. The molecule has 1 rings (SSSR count). The van der Waals surface area contributed by atoms with Crippen LogP contribution >= 0.6 is 0 Å². The fourth-order valence-electron chi connectivity index (χ4n) is 0.656. The Kier molecular flexibility index (Phi) is 5.09. The van der Waals surface area contributed by atoms with Gasteiger partial charge in [0.1, 0.15) is 0 Å². The van der Waals surface area contributed by atoms with E-state index in [-0.39, 0.29) is 17.9 Å². The predicted molar refractivity (Wildman–Crippen MR) is 49.5 cm³/mol. The normalized spacial score (nSPS) is 8.71. The van der Waals surface area contributed by atoms with Crippen LogP contribution in [0, 0.1) is 0 Å². The average Bonchev–Trinajstić information content (AvgIpc) is 2.10. The number of phenols is 2. The Morgan fingerprint density at radius 1 is 1.29 bits per heavy atom. The highest BCUT2D eigenvalue weighted by Crippen LogP contribution is 2.24. The highest BCUT2D eigenvalue weighted by molar-refractivity contribution is 5.88. The molecule has 0 aliphatic heterocycles. The number of aliphatic hydroxyl groups excluding tert-OH is 1. The summed E-state index contributed by atoms with van der Waals surface area (Å²) in [5.41, 5.74) is -0.0553. The van der Waals surface area contributed by atoms with Gasteiger partial charge in [0.2, 0.25) is 0 Å². The van der Waals surface area contributed by atoms with Crippen molar-refractivity contribution in [2.75, 3.05) is 6.61 Å². The summed E-state index contributed by atoms with van der Waals surface area (Å²) in [6, 6.07) is 3.31. The molecule has 0 radical (unpaired) electrons. The van der Waals surface area contributed by atoms with Gasteiger partial charge in [0.25, 0.3) is 0 Å². The third-order valence-corrected chi connectivity index (χ3v) is 1.22. The van der Waals surface area contributed by atoms with E-state index in [4.69, 9.17) is 20.4 Å². The standard InChI is InChI=1S/C7H6O4.C2H6O/c8-5-2-1-4(7(10)11)3-6(5)9;1-2-3/h1-3,8-9H,(H,10,11);3H,2H2,1H3. The van der Waals surface area contributed by atoms with Crippen LogP contribution in [0.2, 0.25) is 0 Å². The van der Waals surface area contributed by atoms with Gasteiger partial charge in [-0.15, -0.1) is 0 Å². The van der Waals surface area contributed by atoms with Crippen LogP contribution in [0.15, 0.2) is 18.2 Å². The van der Waals surface area contributed by atoms with E-state index >= 15 is 0 Å². The molecule has 1 aromatic carbocycles. The van der Waals surface area contributed by atoms with Crippen LogP contribution in [0.25, 0.3) is 0 Å². The Morgan fingerprint density at radius 3 is 2.14 bits per heavy atom. The van der Waals surface area contributed by atoms with Crippen LogP contribution in [0.5, 0.6) is 11.5 Å². The molecular weight excluding hydrogens is 188 g/mol. The number of carboxylic acids is 1. The van der Waals surface area contributed by atoms with E-state index in [0.29, 0.717) is 0 Å². The first kappa shape index (κ1) is 12.2. The summed E-state index contributed by atoms with van der Waals surface area (Å²) in [4.78, 5) is 10.3. The fraction of sp³-hybridized carbons (Fsp3) is 0.222. The van der Waals surface area contributed by atoms with Crippen molar-refractivity contribution in [3.63, 3.8) is 0 Å². The van der Waals surface area contributed by atoms with E-state index in [0.717, 1.165) is 12.1 Å². The molecule has 4 N–H and O–H groups in total. The third kappa shape index (κ3) is 3.77. The lowest BCUT2D eigenvalue weighted by Crippen LogP contribution is -1.94. The van der Waals surface area contributed by atoms with E-state index < -0.39 is 11.7 Å². The average molecular weight is 200 g/mol. The number of carbonyl (C=O) groups is 1. The first-order valence-electron chi connectivity index (χ1n) is 3.89. The zero-order chi connectivity index (χ0) is 11.1. The highest BCUT2D eigenvalue weighted by atomic mass is 16.4. The number of benzene rings is 1. The second kappa shape index (κ2) is 5.82. The number of hydrogen-bond acceptors (Lipinski definition) is 4. The second-order valence-electron chi connectivity index (χ2n) is 2.32. The molecule has 0 saturated carbocycles. The molecule has 0 fully saturated rings. The Balaban J connectivity index is 0.000000500.